The maximum atomic E-state index is 12.2. The van der Waals surface area contributed by atoms with Crippen LogP contribution < -0.4 is 16.4 Å². The van der Waals surface area contributed by atoms with Crippen LogP contribution in [0.3, 0.4) is 0 Å². The van der Waals surface area contributed by atoms with E-state index < -0.39 is 42.4 Å². The number of halogens is 1. The monoisotopic (exact) mass is 459 g/mol. The summed E-state index contributed by atoms with van der Waals surface area (Å²) in [5.74, 6) is -4.06. The molecule has 164 valence electrons. The maximum absolute atomic E-state index is 12.2. The quantitative estimate of drug-likeness (QED) is 0.256. The Morgan fingerprint density at radius 3 is 2.30 bits per heavy atom. The molecule has 0 aliphatic carbocycles. The first-order valence-electron chi connectivity index (χ1n) is 8.74. The van der Waals surface area contributed by atoms with E-state index in [1.54, 1.807) is 24.3 Å². The molecule has 30 heavy (non-hydrogen) atoms. The second-order valence-corrected chi connectivity index (χ2v) is 7.63. The summed E-state index contributed by atoms with van der Waals surface area (Å²) < 4.78 is 0. The Labute approximate surface area is 181 Å². The molecule has 10 nitrogen and oxygen atoms in total. The fourth-order valence-corrected chi connectivity index (χ4v) is 3.20. The molecule has 0 saturated carbocycles. The number of carbonyl (C=O) groups excluding carboxylic acids is 3. The second kappa shape index (κ2) is 12.8. The van der Waals surface area contributed by atoms with Crippen LogP contribution in [-0.2, 0) is 19.2 Å². The van der Waals surface area contributed by atoms with E-state index in [2.05, 4.69) is 10.6 Å². The average Bonchev–Trinajstić information content (AvgIpc) is 2.69. The van der Waals surface area contributed by atoms with Gasteiger partial charge in [0.05, 0.1) is 5.75 Å². The summed E-state index contributed by atoms with van der Waals surface area (Å²) in [6.45, 7) is -0.635. The maximum Gasteiger partial charge on any atom is 0.322 e. The second-order valence-electron chi connectivity index (χ2n) is 6.16. The van der Waals surface area contributed by atoms with Gasteiger partial charge in [-0.15, -0.1) is 0 Å². The lowest BCUT2D eigenvalue weighted by atomic mass is 10.1. The minimum absolute atomic E-state index is 0.00149. The topological polar surface area (TPSA) is 176 Å². The van der Waals surface area contributed by atoms with Crippen LogP contribution in [0.2, 0.25) is 5.02 Å². The molecule has 2 amide bonds. The number of carboxylic acids is 2. The predicted octanol–water partition coefficient (Wildman–Crippen LogP) is 0.134. The molecular formula is C18H22ClN3O7S. The van der Waals surface area contributed by atoms with Gasteiger partial charge in [0.15, 0.2) is 5.78 Å². The number of hydrogen-bond acceptors (Lipinski definition) is 7. The lowest BCUT2D eigenvalue weighted by Crippen LogP contribution is -2.49. The molecule has 1 rings (SSSR count). The van der Waals surface area contributed by atoms with Crippen molar-refractivity contribution in [2.24, 2.45) is 5.73 Å². The molecular weight excluding hydrogens is 438 g/mol. The number of hydrogen-bond donors (Lipinski definition) is 5. The third-order valence-corrected chi connectivity index (χ3v) is 5.04. The molecule has 0 aliphatic rings. The van der Waals surface area contributed by atoms with Crippen LogP contribution in [0.5, 0.6) is 0 Å². The van der Waals surface area contributed by atoms with E-state index >= 15 is 0 Å². The Kier molecular flexibility index (Phi) is 10.9. The number of thioether (sulfide) groups is 1. The van der Waals surface area contributed by atoms with Crippen LogP contribution in [0, 0.1) is 0 Å². The Hall–Kier alpha value is -2.63. The number of nitrogens with one attached hydrogen (secondary N) is 2. The van der Waals surface area contributed by atoms with Crippen LogP contribution in [0.15, 0.2) is 24.3 Å². The van der Waals surface area contributed by atoms with E-state index in [0.29, 0.717) is 10.6 Å². The summed E-state index contributed by atoms with van der Waals surface area (Å²) in [7, 11) is 0. The smallest absolute Gasteiger partial charge is 0.322 e. The zero-order valence-corrected chi connectivity index (χ0v) is 17.4. The highest BCUT2D eigenvalue weighted by Gasteiger charge is 2.23. The summed E-state index contributed by atoms with van der Waals surface area (Å²) in [5, 5.41) is 22.5. The minimum Gasteiger partial charge on any atom is -0.480 e. The highest BCUT2D eigenvalue weighted by molar-refractivity contribution is 8.00. The van der Waals surface area contributed by atoms with Crippen molar-refractivity contribution in [2.45, 2.75) is 24.9 Å². The number of benzene rings is 1. The number of rotatable bonds is 13. The summed E-state index contributed by atoms with van der Waals surface area (Å²) in [4.78, 5) is 57.8. The van der Waals surface area contributed by atoms with Crippen molar-refractivity contribution in [2.75, 3.05) is 18.1 Å². The van der Waals surface area contributed by atoms with Gasteiger partial charge in [-0.05, 0) is 30.7 Å². The molecule has 0 saturated heterocycles. The standard InChI is InChI=1S/C18H22ClN3O7S/c19-11-3-1-10(2-4-11)14(23)9-30-8-13(17(27)21-7-16(25)26)22-15(24)6-5-12(20)18(28)29/h1-4,12-13H,5-9,20H2,(H,21,27)(H,22,24)(H,25,26)(H,28,29)/t12-,13+/m0/s1. The van der Waals surface area contributed by atoms with Gasteiger partial charge in [-0.2, -0.15) is 11.8 Å². The fraction of sp³-hybridized carbons (Fsp3) is 0.389. The Morgan fingerprint density at radius 2 is 1.73 bits per heavy atom. The molecule has 0 bridgehead atoms. The van der Waals surface area contributed by atoms with Gasteiger partial charge >= 0.3 is 11.9 Å². The minimum atomic E-state index is -1.26. The first kappa shape index (κ1) is 25.4. The van der Waals surface area contributed by atoms with Gasteiger partial charge in [0, 0.05) is 22.8 Å². The summed E-state index contributed by atoms with van der Waals surface area (Å²) in [5.41, 5.74) is 5.78. The predicted molar refractivity (Wildman–Crippen MR) is 111 cm³/mol. The molecule has 1 aromatic carbocycles. The van der Waals surface area contributed by atoms with E-state index in [1.807, 2.05) is 0 Å². The molecule has 12 heteroatoms. The first-order chi connectivity index (χ1) is 14.1. The number of nitrogens with two attached hydrogens (primary N) is 1. The number of Topliss-reactive ketones (excluding diaryl/α,β-unsaturated/α-hetero) is 1. The van der Waals surface area contributed by atoms with Gasteiger partial charge in [-0.1, -0.05) is 11.6 Å². The van der Waals surface area contributed by atoms with E-state index in [-0.39, 0.29) is 30.1 Å². The zero-order chi connectivity index (χ0) is 22.7. The van der Waals surface area contributed by atoms with Crippen molar-refractivity contribution in [1.29, 1.82) is 0 Å². The molecule has 0 fully saturated rings. The molecule has 0 unspecified atom stereocenters. The van der Waals surface area contributed by atoms with Crippen molar-refractivity contribution in [1.82, 2.24) is 10.6 Å². The van der Waals surface area contributed by atoms with Gasteiger partial charge in [0.2, 0.25) is 11.8 Å². The third-order valence-electron chi connectivity index (χ3n) is 3.75. The Balaban J connectivity index is 2.63. The summed E-state index contributed by atoms with van der Waals surface area (Å²) in [6, 6.07) is 3.95. The molecule has 0 spiro atoms. The lowest BCUT2D eigenvalue weighted by molar-refractivity contribution is -0.139. The number of carbonyl (C=O) groups is 5. The normalized spacial score (nSPS) is 12.5. The van der Waals surface area contributed by atoms with Crippen LogP contribution in [-0.4, -0.2) is 69.9 Å². The van der Waals surface area contributed by atoms with E-state index in [0.717, 1.165) is 11.8 Å². The summed E-state index contributed by atoms with van der Waals surface area (Å²) >= 11 is 6.85. The SMILES string of the molecule is N[C@@H](CCC(=O)N[C@H](CSCC(=O)c1ccc(Cl)cc1)C(=O)NCC(=O)O)C(=O)O. The van der Waals surface area contributed by atoms with Gasteiger partial charge in [0.25, 0.3) is 0 Å². The average molecular weight is 460 g/mol. The summed E-state index contributed by atoms with van der Waals surface area (Å²) in [6.07, 6.45) is -0.364. The highest BCUT2D eigenvalue weighted by atomic mass is 35.5. The molecule has 0 heterocycles. The number of aliphatic carboxylic acids is 2. The molecule has 2 atom stereocenters. The molecule has 0 radical (unpaired) electrons. The fourth-order valence-electron chi connectivity index (χ4n) is 2.13. The molecule has 1 aromatic rings. The van der Waals surface area contributed by atoms with Gasteiger partial charge in [0.1, 0.15) is 18.6 Å². The van der Waals surface area contributed by atoms with Crippen molar-refractivity contribution < 1.29 is 34.2 Å². The van der Waals surface area contributed by atoms with Crippen molar-refractivity contribution >= 4 is 52.9 Å². The van der Waals surface area contributed by atoms with Crippen LogP contribution in [0.4, 0.5) is 0 Å². The molecule has 0 aliphatic heterocycles. The van der Waals surface area contributed by atoms with Crippen molar-refractivity contribution in [3.63, 3.8) is 0 Å². The van der Waals surface area contributed by atoms with Gasteiger partial charge < -0.3 is 26.6 Å². The van der Waals surface area contributed by atoms with E-state index in [4.69, 9.17) is 27.5 Å². The van der Waals surface area contributed by atoms with Crippen LogP contribution in [0.1, 0.15) is 23.2 Å². The Bertz CT molecular complexity index is 788. The first-order valence-corrected chi connectivity index (χ1v) is 10.3. The van der Waals surface area contributed by atoms with E-state index in [1.165, 1.54) is 0 Å². The van der Waals surface area contributed by atoms with Crippen LogP contribution >= 0.6 is 23.4 Å². The lowest BCUT2D eigenvalue weighted by Gasteiger charge is -2.18. The van der Waals surface area contributed by atoms with Crippen molar-refractivity contribution in [3.8, 4) is 0 Å². The number of carboxylic acid groups (broad SMARTS) is 2. The zero-order valence-electron chi connectivity index (χ0n) is 15.8. The molecule has 0 aromatic heterocycles. The largest absolute Gasteiger partial charge is 0.480 e. The number of ketones is 1. The number of amides is 2. The highest BCUT2D eigenvalue weighted by Crippen LogP contribution is 2.13. The van der Waals surface area contributed by atoms with Crippen LogP contribution in [0.25, 0.3) is 0 Å². The van der Waals surface area contributed by atoms with Gasteiger partial charge in [-0.3, -0.25) is 24.0 Å². The third kappa shape index (κ3) is 9.72. The molecule has 6 N–H and O–H groups in total. The van der Waals surface area contributed by atoms with E-state index in [9.17, 15) is 24.0 Å². The van der Waals surface area contributed by atoms with Gasteiger partial charge in [-0.25, -0.2) is 0 Å². The van der Waals surface area contributed by atoms with Crippen molar-refractivity contribution in [3.05, 3.63) is 34.9 Å². The Morgan fingerprint density at radius 1 is 1.10 bits per heavy atom.